The second-order valence-corrected chi connectivity index (χ2v) is 8.51. The van der Waals surface area contributed by atoms with Crippen molar-refractivity contribution in [2.45, 2.75) is 32.4 Å². The molecule has 1 aromatic carbocycles. The average Bonchev–Trinajstić information content (AvgIpc) is 2.74. The van der Waals surface area contributed by atoms with E-state index in [0.29, 0.717) is 23.4 Å². The minimum Gasteiger partial charge on any atom is -0.374 e. The molecule has 33 heavy (non-hydrogen) atoms. The van der Waals surface area contributed by atoms with Gasteiger partial charge in [0.1, 0.15) is 28.9 Å². The zero-order valence-electron chi connectivity index (χ0n) is 19.2. The van der Waals surface area contributed by atoms with Gasteiger partial charge in [0, 0.05) is 56.5 Å². The quantitative estimate of drug-likeness (QED) is 0.466. The summed E-state index contributed by atoms with van der Waals surface area (Å²) in [5, 5.41) is 6.67. The maximum absolute atomic E-state index is 13.3. The van der Waals surface area contributed by atoms with Gasteiger partial charge in [0.05, 0.1) is 6.20 Å². The first kappa shape index (κ1) is 24.7. The fourth-order valence-electron chi connectivity index (χ4n) is 3.90. The SMILES string of the molecule is COC1(C(C)C)CN(c2cc(Nc3cnccn3)nc(N[C@@H](C)c3ccc(F)cc3)c2)C1.Cl. The summed E-state index contributed by atoms with van der Waals surface area (Å²) >= 11 is 0. The molecule has 1 aliphatic rings. The van der Waals surface area contributed by atoms with Gasteiger partial charge < -0.3 is 20.3 Å². The second kappa shape index (κ2) is 10.3. The van der Waals surface area contributed by atoms with E-state index >= 15 is 0 Å². The first-order valence-corrected chi connectivity index (χ1v) is 10.8. The zero-order valence-corrected chi connectivity index (χ0v) is 20.1. The van der Waals surface area contributed by atoms with E-state index in [2.05, 4.69) is 39.3 Å². The number of aromatic nitrogens is 3. The molecule has 0 amide bonds. The van der Waals surface area contributed by atoms with E-state index in [1.165, 1.54) is 12.1 Å². The molecule has 0 aliphatic carbocycles. The van der Waals surface area contributed by atoms with E-state index < -0.39 is 0 Å². The number of halogens is 2. The van der Waals surface area contributed by atoms with Crippen LogP contribution in [0.4, 0.5) is 27.5 Å². The van der Waals surface area contributed by atoms with Crippen molar-refractivity contribution in [2.75, 3.05) is 35.7 Å². The summed E-state index contributed by atoms with van der Waals surface area (Å²) in [7, 11) is 1.78. The summed E-state index contributed by atoms with van der Waals surface area (Å²) < 4.78 is 19.1. The Morgan fingerprint density at radius 1 is 1.03 bits per heavy atom. The minimum atomic E-state index is -0.249. The predicted octanol–water partition coefficient (Wildman–Crippen LogP) is 5.21. The molecular formula is C24H30ClFN6O. The lowest BCUT2D eigenvalue weighted by molar-refractivity contribution is -0.0684. The summed E-state index contributed by atoms with van der Waals surface area (Å²) in [6.07, 6.45) is 4.91. The van der Waals surface area contributed by atoms with Crippen molar-refractivity contribution in [3.63, 3.8) is 0 Å². The summed E-state index contributed by atoms with van der Waals surface area (Å²) in [5.41, 5.74) is 1.87. The number of pyridine rings is 1. The van der Waals surface area contributed by atoms with Crippen molar-refractivity contribution < 1.29 is 9.13 Å². The normalized spacial score (nSPS) is 15.4. The highest BCUT2D eigenvalue weighted by atomic mass is 35.5. The van der Waals surface area contributed by atoms with E-state index in [1.807, 2.05) is 19.1 Å². The molecule has 0 bridgehead atoms. The Morgan fingerprint density at radius 3 is 2.33 bits per heavy atom. The number of methoxy groups -OCH3 is 1. The first-order valence-electron chi connectivity index (χ1n) is 10.8. The van der Waals surface area contributed by atoms with Gasteiger partial charge in [-0.25, -0.2) is 14.4 Å². The molecule has 0 unspecified atom stereocenters. The van der Waals surface area contributed by atoms with Gasteiger partial charge in [-0.15, -0.1) is 12.4 Å². The molecule has 3 heterocycles. The molecule has 1 fully saturated rings. The van der Waals surface area contributed by atoms with Gasteiger partial charge in [0.2, 0.25) is 0 Å². The number of nitrogens with one attached hydrogen (secondary N) is 2. The highest BCUT2D eigenvalue weighted by molar-refractivity contribution is 5.85. The lowest BCUT2D eigenvalue weighted by Gasteiger charge is -2.52. The van der Waals surface area contributed by atoms with Crippen LogP contribution in [0.1, 0.15) is 32.4 Å². The fraction of sp³-hybridized carbons (Fsp3) is 0.375. The second-order valence-electron chi connectivity index (χ2n) is 8.51. The molecular weight excluding hydrogens is 443 g/mol. The number of hydrogen-bond donors (Lipinski definition) is 2. The Hall–Kier alpha value is -2.97. The third-order valence-corrected chi connectivity index (χ3v) is 6.10. The Labute approximate surface area is 200 Å². The lowest BCUT2D eigenvalue weighted by atomic mass is 9.82. The summed E-state index contributed by atoms with van der Waals surface area (Å²) in [4.78, 5) is 15.4. The molecule has 0 saturated carbocycles. The summed E-state index contributed by atoms with van der Waals surface area (Å²) in [6.45, 7) is 8.01. The molecule has 0 spiro atoms. The average molecular weight is 473 g/mol. The molecule has 1 saturated heterocycles. The zero-order chi connectivity index (χ0) is 22.7. The van der Waals surface area contributed by atoms with E-state index in [9.17, 15) is 4.39 Å². The van der Waals surface area contributed by atoms with Gasteiger partial charge in [-0.1, -0.05) is 26.0 Å². The van der Waals surface area contributed by atoms with Crippen LogP contribution < -0.4 is 15.5 Å². The van der Waals surface area contributed by atoms with Gasteiger partial charge in [-0.2, -0.15) is 0 Å². The smallest absolute Gasteiger partial charge is 0.150 e. The number of benzene rings is 1. The minimum absolute atomic E-state index is 0. The van der Waals surface area contributed by atoms with Gasteiger partial charge >= 0.3 is 0 Å². The van der Waals surface area contributed by atoms with Crippen molar-refractivity contribution >= 4 is 35.5 Å². The molecule has 3 aromatic rings. The third-order valence-electron chi connectivity index (χ3n) is 6.10. The Balaban J connectivity index is 0.00000306. The van der Waals surface area contributed by atoms with Crippen molar-refractivity contribution in [2.24, 2.45) is 5.92 Å². The number of nitrogens with zero attached hydrogens (tertiary/aromatic N) is 4. The van der Waals surface area contributed by atoms with Crippen LogP contribution in [0, 0.1) is 11.7 Å². The van der Waals surface area contributed by atoms with E-state index in [0.717, 1.165) is 24.3 Å². The third kappa shape index (κ3) is 5.51. The highest BCUT2D eigenvalue weighted by Crippen LogP contribution is 2.37. The van der Waals surface area contributed by atoms with Crippen LogP contribution in [0.3, 0.4) is 0 Å². The monoisotopic (exact) mass is 472 g/mol. The molecule has 0 radical (unpaired) electrons. The van der Waals surface area contributed by atoms with Crippen molar-refractivity contribution in [3.8, 4) is 0 Å². The Kier molecular flexibility index (Phi) is 7.71. The maximum atomic E-state index is 13.3. The van der Waals surface area contributed by atoms with Crippen LogP contribution in [0.15, 0.2) is 55.0 Å². The molecule has 2 N–H and O–H groups in total. The Bertz CT molecular complexity index is 1040. The Morgan fingerprint density at radius 2 is 1.73 bits per heavy atom. The molecule has 176 valence electrons. The predicted molar refractivity (Wildman–Crippen MR) is 132 cm³/mol. The first-order chi connectivity index (χ1) is 15.4. The van der Waals surface area contributed by atoms with Crippen LogP contribution in [0.2, 0.25) is 0 Å². The van der Waals surface area contributed by atoms with Crippen LogP contribution in [0.5, 0.6) is 0 Å². The standard InChI is InChI=1S/C24H29FN6O.ClH/c1-16(2)24(32-4)14-31(15-24)20-11-21(28-17(3)18-5-7-19(25)8-6-18)29-22(12-20)30-23-13-26-9-10-27-23;/h5-13,16-17H,14-15H2,1-4H3,(H2,27,28,29,30);1H/t17-;/m0./s1. The maximum Gasteiger partial charge on any atom is 0.150 e. The van der Waals surface area contributed by atoms with E-state index in [-0.39, 0.29) is 29.9 Å². The van der Waals surface area contributed by atoms with Crippen molar-refractivity contribution in [1.82, 2.24) is 15.0 Å². The topological polar surface area (TPSA) is 75.2 Å². The fourth-order valence-corrected chi connectivity index (χ4v) is 3.90. The van der Waals surface area contributed by atoms with Crippen LogP contribution >= 0.6 is 12.4 Å². The van der Waals surface area contributed by atoms with Crippen LogP contribution in [0.25, 0.3) is 0 Å². The van der Waals surface area contributed by atoms with Gasteiger partial charge in [0.25, 0.3) is 0 Å². The molecule has 1 aliphatic heterocycles. The van der Waals surface area contributed by atoms with Crippen LogP contribution in [-0.4, -0.2) is 40.8 Å². The largest absolute Gasteiger partial charge is 0.374 e. The highest BCUT2D eigenvalue weighted by Gasteiger charge is 2.46. The van der Waals surface area contributed by atoms with Crippen molar-refractivity contribution in [3.05, 3.63) is 66.4 Å². The molecule has 9 heteroatoms. The number of hydrogen-bond acceptors (Lipinski definition) is 7. The number of ether oxygens (including phenoxy) is 1. The lowest BCUT2D eigenvalue weighted by Crippen LogP contribution is -2.65. The number of rotatable bonds is 8. The van der Waals surface area contributed by atoms with Gasteiger partial charge in [0.15, 0.2) is 0 Å². The van der Waals surface area contributed by atoms with Gasteiger partial charge in [-0.3, -0.25) is 4.98 Å². The summed E-state index contributed by atoms with van der Waals surface area (Å²) in [6, 6.07) is 10.5. The van der Waals surface area contributed by atoms with E-state index in [4.69, 9.17) is 9.72 Å². The van der Waals surface area contributed by atoms with Crippen molar-refractivity contribution in [1.29, 1.82) is 0 Å². The van der Waals surface area contributed by atoms with E-state index in [1.54, 1.807) is 37.8 Å². The molecule has 1 atom stereocenters. The molecule has 4 rings (SSSR count). The summed E-state index contributed by atoms with van der Waals surface area (Å²) in [5.74, 6) is 2.16. The van der Waals surface area contributed by atoms with Gasteiger partial charge in [-0.05, 0) is 30.5 Å². The van der Waals surface area contributed by atoms with Crippen LogP contribution in [-0.2, 0) is 4.74 Å². The molecule has 7 nitrogen and oxygen atoms in total. The molecule has 2 aromatic heterocycles. The number of anilines is 4.